The molecule has 1 saturated heterocycles. The molecule has 0 spiro atoms. The molecule has 0 radical (unpaired) electrons. The van der Waals surface area contributed by atoms with E-state index in [1.165, 1.54) is 0 Å². The molecule has 2 rings (SSSR count). The van der Waals surface area contributed by atoms with Crippen molar-refractivity contribution in [1.82, 2.24) is 10.2 Å². The van der Waals surface area contributed by atoms with Crippen LogP contribution in [0.2, 0.25) is 0 Å². The van der Waals surface area contributed by atoms with Gasteiger partial charge in [-0.05, 0) is 19.3 Å². The number of hydrogen-bond donors (Lipinski definition) is 2. The van der Waals surface area contributed by atoms with Crippen LogP contribution in [0.4, 0.5) is 0 Å². The van der Waals surface area contributed by atoms with E-state index in [1.807, 2.05) is 12.2 Å². The van der Waals surface area contributed by atoms with Gasteiger partial charge >= 0.3 is 0 Å². The number of likely N-dealkylation sites (tertiary alicyclic amines) is 1. The van der Waals surface area contributed by atoms with Crippen molar-refractivity contribution in [3.05, 3.63) is 12.2 Å². The number of nitrogens with zero attached hydrogens (tertiary/aromatic N) is 1. The minimum absolute atomic E-state index is 0.0231. The van der Waals surface area contributed by atoms with E-state index in [1.54, 1.807) is 11.9 Å². The first-order chi connectivity index (χ1) is 8.13. The van der Waals surface area contributed by atoms with E-state index in [-0.39, 0.29) is 29.8 Å². The molecule has 1 aliphatic carbocycles. The average molecular weight is 237 g/mol. The molecule has 1 aliphatic heterocycles. The number of carbonyl (C=O) groups is 2. The molecule has 2 amide bonds. The smallest absolute Gasteiger partial charge is 0.242 e. The highest BCUT2D eigenvalue weighted by Crippen LogP contribution is 2.25. The molecule has 5 nitrogen and oxygen atoms in total. The Morgan fingerprint density at radius 1 is 1.41 bits per heavy atom. The summed E-state index contributed by atoms with van der Waals surface area (Å²) in [4.78, 5) is 25.6. The highest BCUT2D eigenvalue weighted by molar-refractivity contribution is 5.89. The van der Waals surface area contributed by atoms with Gasteiger partial charge in [0.25, 0.3) is 0 Å². The fraction of sp³-hybridized carbons (Fsp3) is 0.667. The van der Waals surface area contributed by atoms with Crippen LogP contribution < -0.4 is 11.1 Å². The van der Waals surface area contributed by atoms with Crippen molar-refractivity contribution in [2.45, 2.75) is 31.3 Å². The number of likely N-dealkylation sites (N-methyl/N-ethyl adjacent to an activating group) is 1. The summed E-state index contributed by atoms with van der Waals surface area (Å²) in [6.45, 7) is 0.677. The van der Waals surface area contributed by atoms with Crippen molar-refractivity contribution in [2.75, 3.05) is 13.6 Å². The SMILES string of the molecule is CNC(=O)C1CCCN1C(=O)C1C=CC(N)C1. The first kappa shape index (κ1) is 12.1. The van der Waals surface area contributed by atoms with Crippen LogP contribution in [-0.4, -0.2) is 42.4 Å². The lowest BCUT2D eigenvalue weighted by Crippen LogP contribution is -2.46. The van der Waals surface area contributed by atoms with Crippen LogP contribution in [-0.2, 0) is 9.59 Å². The maximum absolute atomic E-state index is 12.3. The monoisotopic (exact) mass is 237 g/mol. The van der Waals surface area contributed by atoms with E-state index in [2.05, 4.69) is 5.32 Å². The predicted molar refractivity (Wildman–Crippen MR) is 64.0 cm³/mol. The molecule has 0 aromatic carbocycles. The fourth-order valence-electron chi connectivity index (χ4n) is 2.59. The number of nitrogens with two attached hydrogens (primary N) is 1. The summed E-state index contributed by atoms with van der Waals surface area (Å²) in [5, 5.41) is 2.62. The molecule has 0 aromatic heterocycles. The molecule has 17 heavy (non-hydrogen) atoms. The highest BCUT2D eigenvalue weighted by atomic mass is 16.2. The van der Waals surface area contributed by atoms with Gasteiger partial charge in [0.05, 0.1) is 5.92 Å². The lowest BCUT2D eigenvalue weighted by Gasteiger charge is -2.25. The Morgan fingerprint density at radius 3 is 2.76 bits per heavy atom. The molecule has 1 fully saturated rings. The van der Waals surface area contributed by atoms with Gasteiger partial charge in [0.1, 0.15) is 6.04 Å². The van der Waals surface area contributed by atoms with Crippen molar-refractivity contribution in [3.8, 4) is 0 Å². The maximum Gasteiger partial charge on any atom is 0.242 e. The molecule has 0 aromatic rings. The highest BCUT2D eigenvalue weighted by Gasteiger charge is 2.37. The Kier molecular flexibility index (Phi) is 3.47. The van der Waals surface area contributed by atoms with Crippen molar-refractivity contribution < 1.29 is 9.59 Å². The zero-order chi connectivity index (χ0) is 12.4. The van der Waals surface area contributed by atoms with Crippen molar-refractivity contribution >= 4 is 11.8 Å². The zero-order valence-electron chi connectivity index (χ0n) is 10.1. The predicted octanol–water partition coefficient (Wildman–Crippen LogP) is -0.373. The molecule has 3 N–H and O–H groups in total. The minimum atomic E-state index is -0.294. The van der Waals surface area contributed by atoms with Crippen molar-refractivity contribution in [3.63, 3.8) is 0 Å². The van der Waals surface area contributed by atoms with E-state index in [0.717, 1.165) is 12.8 Å². The second kappa shape index (κ2) is 4.87. The third-order valence-corrected chi connectivity index (χ3v) is 3.52. The second-order valence-corrected chi connectivity index (χ2v) is 4.69. The molecular weight excluding hydrogens is 218 g/mol. The van der Waals surface area contributed by atoms with Crippen LogP contribution >= 0.6 is 0 Å². The summed E-state index contributed by atoms with van der Waals surface area (Å²) in [5.74, 6) is -0.169. The summed E-state index contributed by atoms with van der Waals surface area (Å²) >= 11 is 0. The normalized spacial score (nSPS) is 31.9. The molecule has 2 aliphatic rings. The number of carbonyl (C=O) groups excluding carboxylic acids is 2. The molecule has 1 heterocycles. The Hall–Kier alpha value is -1.36. The van der Waals surface area contributed by atoms with E-state index in [9.17, 15) is 9.59 Å². The van der Waals surface area contributed by atoms with E-state index < -0.39 is 0 Å². The van der Waals surface area contributed by atoms with E-state index in [0.29, 0.717) is 13.0 Å². The first-order valence-electron chi connectivity index (χ1n) is 6.09. The van der Waals surface area contributed by atoms with E-state index in [4.69, 9.17) is 5.73 Å². The van der Waals surface area contributed by atoms with Crippen LogP contribution in [0.5, 0.6) is 0 Å². The zero-order valence-corrected chi connectivity index (χ0v) is 10.1. The van der Waals surface area contributed by atoms with Crippen molar-refractivity contribution in [1.29, 1.82) is 0 Å². The number of hydrogen-bond acceptors (Lipinski definition) is 3. The van der Waals surface area contributed by atoms with Crippen LogP contribution in [0.3, 0.4) is 0 Å². The number of rotatable bonds is 2. The Bertz CT molecular complexity index is 354. The van der Waals surface area contributed by atoms with Gasteiger partial charge < -0.3 is 16.0 Å². The summed E-state index contributed by atoms with van der Waals surface area (Å²) in [5.41, 5.74) is 5.75. The molecule has 5 heteroatoms. The third kappa shape index (κ3) is 2.34. The second-order valence-electron chi connectivity index (χ2n) is 4.69. The van der Waals surface area contributed by atoms with Gasteiger partial charge in [-0.2, -0.15) is 0 Å². The third-order valence-electron chi connectivity index (χ3n) is 3.52. The standard InChI is InChI=1S/C12H19N3O2/c1-14-11(16)10-3-2-6-15(10)12(17)8-4-5-9(13)7-8/h4-5,8-10H,2-3,6-7,13H2,1H3,(H,14,16). The van der Waals surface area contributed by atoms with Gasteiger partial charge in [0.15, 0.2) is 0 Å². The quantitative estimate of drug-likeness (QED) is 0.643. The van der Waals surface area contributed by atoms with Gasteiger partial charge in [-0.25, -0.2) is 0 Å². The van der Waals surface area contributed by atoms with Crippen LogP contribution in [0, 0.1) is 5.92 Å². The van der Waals surface area contributed by atoms with Crippen LogP contribution in [0.1, 0.15) is 19.3 Å². The summed E-state index contributed by atoms with van der Waals surface area (Å²) in [7, 11) is 1.61. The Morgan fingerprint density at radius 2 is 2.18 bits per heavy atom. The van der Waals surface area contributed by atoms with Gasteiger partial charge in [0.2, 0.25) is 11.8 Å². The summed E-state index contributed by atoms with van der Waals surface area (Å²) in [6.07, 6.45) is 6.05. The van der Waals surface area contributed by atoms with Gasteiger partial charge in [-0.15, -0.1) is 0 Å². The Balaban J connectivity index is 2.03. The largest absolute Gasteiger partial charge is 0.357 e. The molecule has 0 bridgehead atoms. The average Bonchev–Trinajstić information content (AvgIpc) is 2.95. The van der Waals surface area contributed by atoms with Crippen LogP contribution in [0.15, 0.2) is 12.2 Å². The molecule has 3 atom stereocenters. The Labute approximate surface area is 101 Å². The fourth-order valence-corrected chi connectivity index (χ4v) is 2.59. The number of nitrogens with one attached hydrogen (secondary N) is 1. The lowest BCUT2D eigenvalue weighted by atomic mass is 10.1. The molecule has 3 unspecified atom stereocenters. The molecule has 94 valence electrons. The summed E-state index contributed by atoms with van der Waals surface area (Å²) < 4.78 is 0. The van der Waals surface area contributed by atoms with Crippen LogP contribution in [0.25, 0.3) is 0 Å². The first-order valence-corrected chi connectivity index (χ1v) is 6.09. The van der Waals surface area contributed by atoms with Gasteiger partial charge in [0, 0.05) is 19.6 Å². The molecule has 0 saturated carbocycles. The topological polar surface area (TPSA) is 75.4 Å². The van der Waals surface area contributed by atoms with E-state index >= 15 is 0 Å². The minimum Gasteiger partial charge on any atom is -0.357 e. The van der Waals surface area contributed by atoms with Gasteiger partial charge in [-0.1, -0.05) is 12.2 Å². The van der Waals surface area contributed by atoms with Gasteiger partial charge in [-0.3, -0.25) is 9.59 Å². The molecular formula is C12H19N3O2. The van der Waals surface area contributed by atoms with Crippen molar-refractivity contribution in [2.24, 2.45) is 11.7 Å². The number of amides is 2. The summed E-state index contributed by atoms with van der Waals surface area (Å²) in [6, 6.07) is -0.317. The maximum atomic E-state index is 12.3. The lowest BCUT2D eigenvalue weighted by molar-refractivity contribution is -0.140.